The molecule has 0 aliphatic heterocycles. The van der Waals surface area contributed by atoms with Crippen LogP contribution in [-0.2, 0) is 0 Å². The van der Waals surface area contributed by atoms with Gasteiger partial charge >= 0.3 is 0 Å². The van der Waals surface area contributed by atoms with E-state index in [-0.39, 0.29) is 0 Å². The van der Waals surface area contributed by atoms with E-state index in [1.807, 2.05) is 18.2 Å². The van der Waals surface area contributed by atoms with Gasteiger partial charge in [0.05, 0.1) is 24.7 Å². The van der Waals surface area contributed by atoms with Crippen molar-refractivity contribution in [2.24, 2.45) is 10.7 Å². The van der Waals surface area contributed by atoms with Gasteiger partial charge in [-0.05, 0) is 49.4 Å². The molecule has 0 radical (unpaired) electrons. The van der Waals surface area contributed by atoms with Crippen molar-refractivity contribution < 1.29 is 9.47 Å². The van der Waals surface area contributed by atoms with E-state index in [1.165, 1.54) is 12.8 Å². The molecule has 1 aliphatic rings. The minimum Gasteiger partial charge on any atom is -0.493 e. The SMILES string of the molecule is COc1ccc(C=NCC(N)=S)cc1OC1CCCC1. The Kier molecular flexibility index (Phi) is 5.35. The molecular formula is C15H20N2O2S. The first kappa shape index (κ1) is 14.8. The number of thiocarbonyl (C=S) groups is 1. The number of nitrogens with two attached hydrogens (primary N) is 1. The molecule has 20 heavy (non-hydrogen) atoms. The molecule has 108 valence electrons. The summed E-state index contributed by atoms with van der Waals surface area (Å²) in [5, 5.41) is 0. The maximum atomic E-state index is 6.03. The molecule has 0 saturated heterocycles. The van der Waals surface area contributed by atoms with Gasteiger partial charge in [-0.3, -0.25) is 4.99 Å². The number of nitrogens with zero attached hydrogens (tertiary/aromatic N) is 1. The van der Waals surface area contributed by atoms with Crippen LogP contribution in [0.3, 0.4) is 0 Å². The van der Waals surface area contributed by atoms with Crippen molar-refractivity contribution >= 4 is 23.4 Å². The second-order valence-electron chi connectivity index (χ2n) is 4.87. The molecule has 0 atom stereocenters. The molecule has 0 bridgehead atoms. The third-order valence-corrected chi connectivity index (χ3v) is 3.40. The van der Waals surface area contributed by atoms with E-state index in [4.69, 9.17) is 27.4 Å². The quantitative estimate of drug-likeness (QED) is 0.647. The van der Waals surface area contributed by atoms with Crippen molar-refractivity contribution in [3.05, 3.63) is 23.8 Å². The highest BCUT2D eigenvalue weighted by Gasteiger charge is 2.18. The van der Waals surface area contributed by atoms with Gasteiger partial charge in [-0.2, -0.15) is 0 Å². The van der Waals surface area contributed by atoms with E-state index in [9.17, 15) is 0 Å². The zero-order valence-electron chi connectivity index (χ0n) is 11.7. The summed E-state index contributed by atoms with van der Waals surface area (Å²) in [6, 6.07) is 5.77. The predicted octanol–water partition coefficient (Wildman–Crippen LogP) is 2.72. The molecule has 0 spiro atoms. The maximum absolute atomic E-state index is 6.03. The van der Waals surface area contributed by atoms with E-state index in [0.29, 0.717) is 17.6 Å². The summed E-state index contributed by atoms with van der Waals surface area (Å²) in [7, 11) is 1.65. The average molecular weight is 292 g/mol. The highest BCUT2D eigenvalue weighted by Crippen LogP contribution is 2.32. The second kappa shape index (κ2) is 7.24. The lowest BCUT2D eigenvalue weighted by molar-refractivity contribution is 0.201. The van der Waals surface area contributed by atoms with E-state index >= 15 is 0 Å². The van der Waals surface area contributed by atoms with E-state index in [1.54, 1.807) is 13.3 Å². The second-order valence-corrected chi connectivity index (χ2v) is 5.40. The van der Waals surface area contributed by atoms with Crippen molar-refractivity contribution in [1.82, 2.24) is 0 Å². The zero-order chi connectivity index (χ0) is 14.4. The molecule has 0 aromatic heterocycles. The molecular weight excluding hydrogens is 272 g/mol. The Hall–Kier alpha value is -1.62. The van der Waals surface area contributed by atoms with Crippen molar-refractivity contribution in [3.8, 4) is 11.5 Å². The van der Waals surface area contributed by atoms with Gasteiger partial charge in [-0.1, -0.05) is 12.2 Å². The Morgan fingerprint density at radius 2 is 2.15 bits per heavy atom. The van der Waals surface area contributed by atoms with Gasteiger partial charge in [0.2, 0.25) is 0 Å². The van der Waals surface area contributed by atoms with Crippen LogP contribution in [0.4, 0.5) is 0 Å². The summed E-state index contributed by atoms with van der Waals surface area (Å²) in [5.74, 6) is 1.53. The number of hydrogen-bond donors (Lipinski definition) is 1. The minimum atomic E-state index is 0.299. The lowest BCUT2D eigenvalue weighted by Crippen LogP contribution is -2.12. The molecule has 1 fully saturated rings. The van der Waals surface area contributed by atoms with E-state index < -0.39 is 0 Å². The molecule has 2 N–H and O–H groups in total. The molecule has 1 aromatic rings. The highest BCUT2D eigenvalue weighted by molar-refractivity contribution is 7.80. The first-order valence-electron chi connectivity index (χ1n) is 6.82. The fourth-order valence-corrected chi connectivity index (χ4v) is 2.37. The molecule has 1 saturated carbocycles. The molecule has 0 amide bonds. The van der Waals surface area contributed by atoms with Crippen molar-refractivity contribution in [1.29, 1.82) is 0 Å². The van der Waals surface area contributed by atoms with Crippen LogP contribution in [-0.4, -0.2) is 31.0 Å². The first-order chi connectivity index (χ1) is 9.69. The topological polar surface area (TPSA) is 56.8 Å². The molecule has 5 heteroatoms. The first-order valence-corrected chi connectivity index (χ1v) is 7.22. The van der Waals surface area contributed by atoms with Gasteiger partial charge in [-0.25, -0.2) is 0 Å². The third kappa shape index (κ3) is 4.20. The van der Waals surface area contributed by atoms with Crippen LogP contribution in [0.5, 0.6) is 11.5 Å². The molecule has 2 rings (SSSR count). The third-order valence-electron chi connectivity index (χ3n) is 3.27. The Morgan fingerprint density at radius 1 is 1.40 bits per heavy atom. The van der Waals surface area contributed by atoms with Gasteiger partial charge in [0.1, 0.15) is 0 Å². The largest absolute Gasteiger partial charge is 0.493 e. The van der Waals surface area contributed by atoms with Crippen LogP contribution in [0.15, 0.2) is 23.2 Å². The van der Waals surface area contributed by atoms with Crippen LogP contribution < -0.4 is 15.2 Å². The van der Waals surface area contributed by atoms with Gasteiger partial charge in [-0.15, -0.1) is 0 Å². The summed E-state index contributed by atoms with van der Waals surface area (Å²) in [4.78, 5) is 4.57. The summed E-state index contributed by atoms with van der Waals surface area (Å²) < 4.78 is 11.4. The summed E-state index contributed by atoms with van der Waals surface area (Å²) in [6.07, 6.45) is 6.75. The predicted molar refractivity (Wildman–Crippen MR) is 85.1 cm³/mol. The number of hydrogen-bond acceptors (Lipinski definition) is 4. The fraction of sp³-hybridized carbons (Fsp3) is 0.467. The number of ether oxygens (including phenoxy) is 2. The summed E-state index contributed by atoms with van der Waals surface area (Å²) in [6.45, 7) is 0.361. The number of rotatable bonds is 6. The molecule has 1 aliphatic carbocycles. The molecule has 4 nitrogen and oxygen atoms in total. The Morgan fingerprint density at radius 3 is 2.80 bits per heavy atom. The molecule has 0 unspecified atom stereocenters. The number of methoxy groups -OCH3 is 1. The van der Waals surface area contributed by atoms with E-state index in [2.05, 4.69) is 4.99 Å². The van der Waals surface area contributed by atoms with Gasteiger partial charge in [0, 0.05) is 6.21 Å². The van der Waals surface area contributed by atoms with Crippen LogP contribution in [0.2, 0.25) is 0 Å². The van der Waals surface area contributed by atoms with Crippen LogP contribution >= 0.6 is 12.2 Å². The van der Waals surface area contributed by atoms with Crippen LogP contribution in [0.25, 0.3) is 0 Å². The zero-order valence-corrected chi connectivity index (χ0v) is 12.5. The number of benzene rings is 1. The highest BCUT2D eigenvalue weighted by atomic mass is 32.1. The lowest BCUT2D eigenvalue weighted by Gasteiger charge is -2.16. The molecule has 1 aromatic carbocycles. The Balaban J connectivity index is 2.10. The Labute approximate surface area is 125 Å². The minimum absolute atomic E-state index is 0.299. The van der Waals surface area contributed by atoms with E-state index in [0.717, 1.165) is 29.9 Å². The summed E-state index contributed by atoms with van der Waals surface area (Å²) in [5.41, 5.74) is 6.37. The maximum Gasteiger partial charge on any atom is 0.162 e. The molecule has 0 heterocycles. The number of aliphatic imine (C=N–C) groups is 1. The fourth-order valence-electron chi connectivity index (χ4n) is 2.29. The normalized spacial score (nSPS) is 15.7. The van der Waals surface area contributed by atoms with Crippen molar-refractivity contribution in [2.45, 2.75) is 31.8 Å². The van der Waals surface area contributed by atoms with Gasteiger partial charge in [0.25, 0.3) is 0 Å². The average Bonchev–Trinajstić information content (AvgIpc) is 2.91. The smallest absolute Gasteiger partial charge is 0.162 e. The Bertz CT molecular complexity index is 497. The van der Waals surface area contributed by atoms with Crippen LogP contribution in [0.1, 0.15) is 31.2 Å². The van der Waals surface area contributed by atoms with Gasteiger partial charge in [0.15, 0.2) is 11.5 Å². The monoisotopic (exact) mass is 292 g/mol. The lowest BCUT2D eigenvalue weighted by atomic mass is 10.2. The summed E-state index contributed by atoms with van der Waals surface area (Å²) >= 11 is 4.79. The van der Waals surface area contributed by atoms with Crippen molar-refractivity contribution in [2.75, 3.05) is 13.7 Å². The standard InChI is InChI=1S/C15H20N2O2S/c1-18-13-7-6-11(9-17-10-15(16)20)8-14(13)19-12-4-2-3-5-12/h6-9,12H,2-5,10H2,1H3,(H2,16,20). The van der Waals surface area contributed by atoms with Gasteiger partial charge < -0.3 is 15.2 Å². The van der Waals surface area contributed by atoms with Crippen LogP contribution in [0, 0.1) is 0 Å². The van der Waals surface area contributed by atoms with Crippen molar-refractivity contribution in [3.63, 3.8) is 0 Å².